The molecule has 1 heterocycles. The number of rotatable bonds is 6. The Morgan fingerprint density at radius 3 is 2.87 bits per heavy atom. The Kier molecular flexibility index (Phi) is 5.25. The lowest BCUT2D eigenvalue weighted by Crippen LogP contribution is -2.15. The average molecular weight is 275 g/mol. The minimum Gasteiger partial charge on any atom is -0.309 e. The maximum atomic E-state index is 4.14. The number of aromatic nitrogens is 3. The van der Waals surface area contributed by atoms with E-state index in [0.29, 0.717) is 4.83 Å². The molecule has 0 amide bonds. The van der Waals surface area contributed by atoms with Crippen LogP contribution in [0.1, 0.15) is 30.3 Å². The van der Waals surface area contributed by atoms with Gasteiger partial charge in [-0.2, -0.15) is 0 Å². The van der Waals surface area contributed by atoms with Gasteiger partial charge in [-0.1, -0.05) is 28.1 Å². The Balaban J connectivity index is 2.39. The second kappa shape index (κ2) is 6.23. The first-order valence-corrected chi connectivity index (χ1v) is 6.24. The normalized spacial score (nSPS) is 13.4. The van der Waals surface area contributed by atoms with Crippen molar-refractivity contribution in [2.24, 2.45) is 0 Å². The lowest BCUT2D eigenvalue weighted by Gasteiger charge is -2.08. The van der Waals surface area contributed by atoms with Gasteiger partial charge in [0.05, 0.1) is 10.5 Å². The number of hydrogen-bond donors (Lipinski definition) is 0. The topological polar surface area (TPSA) is 34.0 Å². The van der Waals surface area contributed by atoms with Gasteiger partial charge in [0.2, 0.25) is 0 Å². The molecule has 0 saturated carbocycles. The molecule has 0 bridgehead atoms. The molecule has 0 aliphatic rings. The third-order valence-electron chi connectivity index (χ3n) is 2.23. The molecule has 0 N–H and O–H groups in total. The smallest absolute Gasteiger partial charge is 0.0963 e. The van der Waals surface area contributed by atoms with Gasteiger partial charge in [0, 0.05) is 12.7 Å². The van der Waals surface area contributed by atoms with Crippen molar-refractivity contribution in [2.45, 2.75) is 31.1 Å². The Labute approximate surface area is 99.8 Å². The van der Waals surface area contributed by atoms with Crippen LogP contribution in [0.2, 0.25) is 0 Å². The van der Waals surface area contributed by atoms with Crippen molar-refractivity contribution in [2.75, 3.05) is 20.6 Å². The molecule has 86 valence electrons. The molecule has 1 aromatic heterocycles. The number of hydrogen-bond acceptors (Lipinski definition) is 3. The molecular weight excluding hydrogens is 256 g/mol. The molecule has 0 spiro atoms. The van der Waals surface area contributed by atoms with Crippen molar-refractivity contribution < 1.29 is 0 Å². The van der Waals surface area contributed by atoms with Crippen LogP contribution in [-0.2, 0) is 6.54 Å². The lowest BCUT2D eigenvalue weighted by atomic mass is 10.3. The standard InChI is InChI=1S/C10H19BrN4/c1-4-9(11)10-8-15(13-12-10)7-5-6-14(2)3/h8-9H,4-7H2,1-3H3. The van der Waals surface area contributed by atoms with Crippen LogP contribution < -0.4 is 0 Å². The summed E-state index contributed by atoms with van der Waals surface area (Å²) in [6.45, 7) is 4.15. The summed E-state index contributed by atoms with van der Waals surface area (Å²) in [5.41, 5.74) is 1.03. The maximum absolute atomic E-state index is 4.14. The predicted molar refractivity (Wildman–Crippen MR) is 65.2 cm³/mol. The molecule has 0 aliphatic carbocycles. The van der Waals surface area contributed by atoms with E-state index in [1.807, 2.05) is 10.9 Å². The molecule has 5 heteroatoms. The summed E-state index contributed by atoms with van der Waals surface area (Å²) < 4.78 is 1.92. The van der Waals surface area contributed by atoms with Gasteiger partial charge < -0.3 is 4.90 Å². The van der Waals surface area contributed by atoms with E-state index >= 15 is 0 Å². The lowest BCUT2D eigenvalue weighted by molar-refractivity contribution is 0.379. The van der Waals surface area contributed by atoms with Gasteiger partial charge >= 0.3 is 0 Å². The van der Waals surface area contributed by atoms with Gasteiger partial charge in [-0.05, 0) is 33.5 Å². The van der Waals surface area contributed by atoms with Crippen LogP contribution in [-0.4, -0.2) is 40.5 Å². The Morgan fingerprint density at radius 2 is 2.27 bits per heavy atom. The number of aryl methyl sites for hydroxylation is 1. The molecule has 1 rings (SSSR count). The fourth-order valence-corrected chi connectivity index (χ4v) is 1.53. The van der Waals surface area contributed by atoms with E-state index in [0.717, 1.165) is 31.6 Å². The summed E-state index contributed by atoms with van der Waals surface area (Å²) in [7, 11) is 4.16. The highest BCUT2D eigenvalue weighted by Gasteiger charge is 2.08. The van der Waals surface area contributed by atoms with Gasteiger partial charge in [0.25, 0.3) is 0 Å². The second-order valence-electron chi connectivity index (χ2n) is 3.94. The summed E-state index contributed by atoms with van der Waals surface area (Å²) >= 11 is 3.57. The maximum Gasteiger partial charge on any atom is 0.0963 e. The van der Waals surface area contributed by atoms with E-state index in [2.05, 4.69) is 52.2 Å². The minimum absolute atomic E-state index is 0.333. The predicted octanol–water partition coefficient (Wildman–Crippen LogP) is 2.08. The monoisotopic (exact) mass is 274 g/mol. The number of halogens is 1. The van der Waals surface area contributed by atoms with E-state index < -0.39 is 0 Å². The molecule has 0 aromatic carbocycles. The molecule has 1 aromatic rings. The van der Waals surface area contributed by atoms with Gasteiger partial charge in [0.15, 0.2) is 0 Å². The zero-order valence-electron chi connectivity index (χ0n) is 9.65. The molecule has 0 radical (unpaired) electrons. The Morgan fingerprint density at radius 1 is 1.53 bits per heavy atom. The SMILES string of the molecule is CCC(Br)c1cn(CCCN(C)C)nn1. The van der Waals surface area contributed by atoms with E-state index in [4.69, 9.17) is 0 Å². The van der Waals surface area contributed by atoms with Crippen molar-refractivity contribution in [1.82, 2.24) is 19.9 Å². The Hall–Kier alpha value is -0.420. The largest absolute Gasteiger partial charge is 0.309 e. The quantitative estimate of drug-likeness (QED) is 0.745. The highest BCUT2D eigenvalue weighted by atomic mass is 79.9. The first-order valence-electron chi connectivity index (χ1n) is 5.32. The summed E-state index contributed by atoms with van der Waals surface area (Å²) in [6, 6.07) is 0. The van der Waals surface area contributed by atoms with Gasteiger partial charge in [-0.3, -0.25) is 4.68 Å². The minimum atomic E-state index is 0.333. The second-order valence-corrected chi connectivity index (χ2v) is 5.04. The van der Waals surface area contributed by atoms with E-state index in [9.17, 15) is 0 Å². The Bertz CT molecular complexity index is 285. The van der Waals surface area contributed by atoms with Crippen LogP contribution in [0.3, 0.4) is 0 Å². The van der Waals surface area contributed by atoms with Crippen molar-refractivity contribution in [3.63, 3.8) is 0 Å². The average Bonchev–Trinajstić information content (AvgIpc) is 2.65. The fourth-order valence-electron chi connectivity index (χ4n) is 1.32. The van der Waals surface area contributed by atoms with Crippen LogP contribution in [0.15, 0.2) is 6.20 Å². The van der Waals surface area contributed by atoms with E-state index in [1.54, 1.807) is 0 Å². The third-order valence-corrected chi connectivity index (χ3v) is 3.34. The molecule has 0 saturated heterocycles. The van der Waals surface area contributed by atoms with Crippen molar-refractivity contribution >= 4 is 15.9 Å². The van der Waals surface area contributed by atoms with Gasteiger partial charge in [-0.15, -0.1) is 5.10 Å². The molecular formula is C10H19BrN4. The van der Waals surface area contributed by atoms with Crippen molar-refractivity contribution in [1.29, 1.82) is 0 Å². The summed E-state index contributed by atoms with van der Waals surface area (Å²) in [6.07, 6.45) is 4.17. The van der Waals surface area contributed by atoms with Crippen LogP contribution in [0, 0.1) is 0 Å². The van der Waals surface area contributed by atoms with Crippen LogP contribution in [0.5, 0.6) is 0 Å². The summed E-state index contributed by atoms with van der Waals surface area (Å²) in [4.78, 5) is 2.51. The van der Waals surface area contributed by atoms with E-state index in [1.165, 1.54) is 0 Å². The number of alkyl halides is 1. The summed E-state index contributed by atoms with van der Waals surface area (Å²) in [5.74, 6) is 0. The van der Waals surface area contributed by atoms with Crippen LogP contribution >= 0.6 is 15.9 Å². The first-order chi connectivity index (χ1) is 7.13. The van der Waals surface area contributed by atoms with Gasteiger partial charge in [0.1, 0.15) is 0 Å². The zero-order chi connectivity index (χ0) is 11.3. The van der Waals surface area contributed by atoms with Crippen LogP contribution in [0.4, 0.5) is 0 Å². The highest BCUT2D eigenvalue weighted by Crippen LogP contribution is 2.23. The summed E-state index contributed by atoms with van der Waals surface area (Å²) in [5, 5.41) is 8.24. The highest BCUT2D eigenvalue weighted by molar-refractivity contribution is 9.09. The van der Waals surface area contributed by atoms with Crippen LogP contribution in [0.25, 0.3) is 0 Å². The molecule has 15 heavy (non-hydrogen) atoms. The van der Waals surface area contributed by atoms with Gasteiger partial charge in [-0.25, -0.2) is 0 Å². The number of nitrogens with zero attached hydrogens (tertiary/aromatic N) is 4. The molecule has 1 atom stereocenters. The molecule has 0 fully saturated rings. The molecule has 1 unspecified atom stereocenters. The molecule has 0 aliphatic heterocycles. The third kappa shape index (κ3) is 4.30. The van der Waals surface area contributed by atoms with E-state index in [-0.39, 0.29) is 0 Å². The fraction of sp³-hybridized carbons (Fsp3) is 0.800. The van der Waals surface area contributed by atoms with Crippen molar-refractivity contribution in [3.8, 4) is 0 Å². The zero-order valence-corrected chi connectivity index (χ0v) is 11.2. The molecule has 4 nitrogen and oxygen atoms in total. The first kappa shape index (κ1) is 12.6. The van der Waals surface area contributed by atoms with Crippen molar-refractivity contribution in [3.05, 3.63) is 11.9 Å².